The molecule has 2 amide bonds. The molecule has 0 aliphatic rings. The Morgan fingerprint density at radius 2 is 2.00 bits per heavy atom. The van der Waals surface area contributed by atoms with Gasteiger partial charge in [-0.3, -0.25) is 9.59 Å². The molecule has 0 saturated carbocycles. The van der Waals surface area contributed by atoms with Gasteiger partial charge in [-0.2, -0.15) is 5.26 Å². The number of rotatable bonds is 6. The number of hydrogen-bond donors (Lipinski definition) is 2. The third-order valence-corrected chi connectivity index (χ3v) is 3.75. The Morgan fingerprint density at radius 1 is 1.21 bits per heavy atom. The number of ether oxygens (including phenoxy) is 1. The van der Waals surface area contributed by atoms with Gasteiger partial charge in [-0.15, -0.1) is 0 Å². The molecular formula is C19H15N3O6. The van der Waals surface area contributed by atoms with Gasteiger partial charge in [0.05, 0.1) is 6.26 Å². The molecule has 0 fully saturated rings. The minimum absolute atomic E-state index is 0.0493. The fourth-order valence-corrected chi connectivity index (χ4v) is 2.42. The van der Waals surface area contributed by atoms with Crippen LogP contribution in [-0.4, -0.2) is 30.4 Å². The van der Waals surface area contributed by atoms with Gasteiger partial charge in [-0.05, 0) is 31.2 Å². The van der Waals surface area contributed by atoms with Gasteiger partial charge in [0.1, 0.15) is 23.4 Å². The smallest absolute Gasteiger partial charge is 0.328 e. The van der Waals surface area contributed by atoms with Crippen molar-refractivity contribution >= 4 is 34.4 Å². The summed E-state index contributed by atoms with van der Waals surface area (Å²) in [7, 11) is 0. The van der Waals surface area contributed by atoms with Crippen molar-refractivity contribution in [2.24, 2.45) is 0 Å². The number of nitrogens with zero attached hydrogens (tertiary/aromatic N) is 1. The Labute approximate surface area is 158 Å². The fourth-order valence-electron chi connectivity index (χ4n) is 2.42. The van der Waals surface area contributed by atoms with Crippen LogP contribution in [-0.2, 0) is 14.3 Å². The van der Waals surface area contributed by atoms with Crippen LogP contribution in [0.2, 0.25) is 0 Å². The molecule has 3 aromatic rings. The van der Waals surface area contributed by atoms with Gasteiger partial charge in [0.15, 0.2) is 12.4 Å². The molecule has 0 saturated heterocycles. The van der Waals surface area contributed by atoms with Crippen LogP contribution in [0.1, 0.15) is 23.2 Å². The molecule has 2 heterocycles. The number of amides is 2. The second-order valence-corrected chi connectivity index (χ2v) is 5.74. The lowest BCUT2D eigenvalue weighted by Crippen LogP contribution is -2.40. The molecule has 1 aromatic carbocycles. The SMILES string of the molecule is C[C@@H](NC(=O)c1ccco1)C(=O)OCC(=O)Nc1c(C#N)oc2ccccc12. The average molecular weight is 381 g/mol. The van der Waals surface area contributed by atoms with Crippen LogP contribution in [0, 0.1) is 11.3 Å². The maximum Gasteiger partial charge on any atom is 0.328 e. The first kappa shape index (κ1) is 18.7. The molecule has 9 nitrogen and oxygen atoms in total. The van der Waals surface area contributed by atoms with Gasteiger partial charge in [0.25, 0.3) is 11.8 Å². The predicted octanol–water partition coefficient (Wildman–Crippen LogP) is 2.20. The van der Waals surface area contributed by atoms with Crippen LogP contribution < -0.4 is 10.6 Å². The van der Waals surface area contributed by atoms with Crippen molar-refractivity contribution in [3.63, 3.8) is 0 Å². The highest BCUT2D eigenvalue weighted by Gasteiger charge is 2.21. The van der Waals surface area contributed by atoms with Crippen LogP contribution in [0.15, 0.2) is 51.5 Å². The summed E-state index contributed by atoms with van der Waals surface area (Å²) in [5.41, 5.74) is 0.652. The summed E-state index contributed by atoms with van der Waals surface area (Å²) in [5.74, 6) is -2.04. The van der Waals surface area contributed by atoms with E-state index in [9.17, 15) is 14.4 Å². The quantitative estimate of drug-likeness (QED) is 0.625. The molecule has 1 atom stereocenters. The normalized spacial score (nSPS) is 11.4. The highest BCUT2D eigenvalue weighted by Crippen LogP contribution is 2.30. The monoisotopic (exact) mass is 381 g/mol. The summed E-state index contributed by atoms with van der Waals surface area (Å²) in [6, 6.07) is 10.7. The van der Waals surface area contributed by atoms with Crippen molar-refractivity contribution in [2.75, 3.05) is 11.9 Å². The van der Waals surface area contributed by atoms with Gasteiger partial charge >= 0.3 is 5.97 Å². The molecule has 28 heavy (non-hydrogen) atoms. The molecule has 2 aromatic heterocycles. The lowest BCUT2D eigenvalue weighted by molar-refractivity contribution is -0.148. The van der Waals surface area contributed by atoms with Gasteiger partial charge < -0.3 is 24.2 Å². The van der Waals surface area contributed by atoms with Crippen molar-refractivity contribution in [1.82, 2.24) is 5.32 Å². The van der Waals surface area contributed by atoms with E-state index in [0.29, 0.717) is 11.0 Å². The second-order valence-electron chi connectivity index (χ2n) is 5.74. The van der Waals surface area contributed by atoms with Crippen molar-refractivity contribution in [1.29, 1.82) is 5.26 Å². The topological polar surface area (TPSA) is 135 Å². The number of furan rings is 2. The number of fused-ring (bicyclic) bond motifs is 1. The van der Waals surface area contributed by atoms with E-state index in [2.05, 4.69) is 10.6 Å². The maximum absolute atomic E-state index is 12.1. The number of esters is 1. The Kier molecular flexibility index (Phi) is 5.41. The highest BCUT2D eigenvalue weighted by atomic mass is 16.5. The zero-order valence-corrected chi connectivity index (χ0v) is 14.7. The van der Waals surface area contributed by atoms with Crippen LogP contribution >= 0.6 is 0 Å². The molecule has 0 aliphatic heterocycles. The molecular weight excluding hydrogens is 366 g/mol. The first-order valence-corrected chi connectivity index (χ1v) is 8.22. The van der Waals surface area contributed by atoms with E-state index < -0.39 is 30.4 Å². The number of carbonyl (C=O) groups is 3. The molecule has 0 unspecified atom stereocenters. The lowest BCUT2D eigenvalue weighted by Gasteiger charge is -2.12. The standard InChI is InChI=1S/C19H15N3O6/c1-11(21-18(24)14-7-4-8-26-14)19(25)27-10-16(23)22-17-12-5-2-3-6-13(12)28-15(17)9-20/h2-8,11H,10H2,1H3,(H,21,24)(H,22,23)/t11-/m1/s1. The van der Waals surface area contributed by atoms with Gasteiger partial charge in [-0.25, -0.2) is 4.79 Å². The summed E-state index contributed by atoms with van der Waals surface area (Å²) < 4.78 is 15.2. The minimum atomic E-state index is -0.991. The molecule has 2 N–H and O–H groups in total. The maximum atomic E-state index is 12.1. The highest BCUT2D eigenvalue weighted by molar-refractivity contribution is 6.03. The van der Waals surface area contributed by atoms with Gasteiger partial charge in [0.2, 0.25) is 5.76 Å². The number of para-hydroxylation sites is 1. The van der Waals surface area contributed by atoms with Crippen LogP contribution in [0.5, 0.6) is 0 Å². The summed E-state index contributed by atoms with van der Waals surface area (Å²) in [4.78, 5) is 35.9. The summed E-state index contributed by atoms with van der Waals surface area (Å²) in [6.45, 7) is 0.822. The van der Waals surface area contributed by atoms with Crippen LogP contribution in [0.4, 0.5) is 5.69 Å². The van der Waals surface area contributed by atoms with E-state index in [4.69, 9.17) is 18.8 Å². The summed E-state index contributed by atoms with van der Waals surface area (Å²) in [6.07, 6.45) is 1.33. The minimum Gasteiger partial charge on any atom is -0.459 e. The number of nitrogens with one attached hydrogen (secondary N) is 2. The number of nitriles is 1. The number of benzene rings is 1. The third kappa shape index (κ3) is 4.02. The number of anilines is 1. The summed E-state index contributed by atoms with van der Waals surface area (Å²) in [5, 5.41) is 14.6. The van der Waals surface area contributed by atoms with Gasteiger partial charge in [-0.1, -0.05) is 12.1 Å². The van der Waals surface area contributed by atoms with Crippen molar-refractivity contribution in [2.45, 2.75) is 13.0 Å². The molecule has 0 radical (unpaired) electrons. The largest absolute Gasteiger partial charge is 0.459 e. The van der Waals surface area contributed by atoms with Crippen molar-refractivity contribution in [3.8, 4) is 6.07 Å². The molecule has 3 rings (SSSR count). The molecule has 0 spiro atoms. The van der Waals surface area contributed by atoms with Crippen molar-refractivity contribution in [3.05, 3.63) is 54.2 Å². The summed E-state index contributed by atoms with van der Waals surface area (Å²) >= 11 is 0. The van der Waals surface area contributed by atoms with Gasteiger partial charge in [0, 0.05) is 5.39 Å². The average Bonchev–Trinajstić information content (AvgIpc) is 3.34. The second kappa shape index (κ2) is 8.09. The van der Waals surface area contributed by atoms with E-state index in [1.54, 1.807) is 24.3 Å². The molecule has 0 aliphatic carbocycles. The predicted molar refractivity (Wildman–Crippen MR) is 96.2 cm³/mol. The van der Waals surface area contributed by atoms with E-state index >= 15 is 0 Å². The van der Waals surface area contributed by atoms with E-state index in [1.807, 2.05) is 6.07 Å². The molecule has 0 bridgehead atoms. The molecule has 9 heteroatoms. The van der Waals surface area contributed by atoms with Crippen LogP contribution in [0.25, 0.3) is 11.0 Å². The molecule has 142 valence electrons. The Morgan fingerprint density at radius 3 is 2.71 bits per heavy atom. The zero-order valence-electron chi connectivity index (χ0n) is 14.7. The number of carbonyl (C=O) groups excluding carboxylic acids is 3. The fraction of sp³-hybridized carbons (Fsp3) is 0.158. The van der Waals surface area contributed by atoms with Crippen LogP contribution in [0.3, 0.4) is 0 Å². The number of hydrogen-bond acceptors (Lipinski definition) is 7. The lowest BCUT2D eigenvalue weighted by atomic mass is 10.2. The Hall–Kier alpha value is -4.06. The first-order valence-electron chi connectivity index (χ1n) is 8.22. The van der Waals surface area contributed by atoms with Crippen molar-refractivity contribution < 1.29 is 28.0 Å². The first-order chi connectivity index (χ1) is 13.5. The van der Waals surface area contributed by atoms with E-state index in [0.717, 1.165) is 0 Å². The Bertz CT molecular complexity index is 1060. The van der Waals surface area contributed by atoms with E-state index in [-0.39, 0.29) is 17.2 Å². The zero-order chi connectivity index (χ0) is 20.1. The third-order valence-electron chi connectivity index (χ3n) is 3.75. The Balaban J connectivity index is 1.56. The van der Waals surface area contributed by atoms with E-state index in [1.165, 1.54) is 25.3 Å².